The van der Waals surface area contributed by atoms with E-state index < -0.39 is 0 Å². The molecular weight excluding hydrogens is 300 g/mol. The molecule has 1 aromatic heterocycles. The van der Waals surface area contributed by atoms with Crippen LogP contribution < -0.4 is 4.74 Å². The third-order valence-corrected chi connectivity index (χ3v) is 4.39. The SMILES string of the molecule is CC.CC.CCC1CC(Oc2cccc(C(=O)N3CCCC3)n2)C1. The largest absolute Gasteiger partial charge is 0.474 e. The molecule has 1 aromatic rings. The molecule has 136 valence electrons. The van der Waals surface area contributed by atoms with Crippen LogP contribution in [0.5, 0.6) is 5.88 Å². The lowest BCUT2D eigenvalue weighted by Gasteiger charge is -2.34. The number of carbonyl (C=O) groups is 1. The molecule has 4 heteroatoms. The van der Waals surface area contributed by atoms with Gasteiger partial charge in [-0.25, -0.2) is 4.98 Å². The zero-order valence-electron chi connectivity index (χ0n) is 16.0. The second-order valence-electron chi connectivity index (χ2n) is 5.85. The fourth-order valence-electron chi connectivity index (χ4n) is 2.96. The van der Waals surface area contributed by atoms with Gasteiger partial charge in [-0.2, -0.15) is 0 Å². The number of rotatable bonds is 4. The molecule has 1 aliphatic carbocycles. The van der Waals surface area contributed by atoms with Crippen molar-refractivity contribution in [3.63, 3.8) is 0 Å². The van der Waals surface area contributed by atoms with E-state index >= 15 is 0 Å². The molecule has 2 aliphatic rings. The van der Waals surface area contributed by atoms with Crippen LogP contribution in [0.2, 0.25) is 0 Å². The van der Waals surface area contributed by atoms with E-state index in [4.69, 9.17) is 4.74 Å². The first-order chi connectivity index (χ1) is 11.8. The molecule has 2 heterocycles. The maximum atomic E-state index is 12.3. The molecule has 1 saturated heterocycles. The predicted molar refractivity (Wildman–Crippen MR) is 99.5 cm³/mol. The van der Waals surface area contributed by atoms with Crippen molar-refractivity contribution in [2.24, 2.45) is 5.92 Å². The molecular formula is C20H34N2O2. The molecule has 3 rings (SSSR count). The minimum Gasteiger partial charge on any atom is -0.474 e. The van der Waals surface area contributed by atoms with E-state index in [2.05, 4.69) is 11.9 Å². The Balaban J connectivity index is 0.000000671. The van der Waals surface area contributed by atoms with Gasteiger partial charge in [-0.15, -0.1) is 0 Å². The predicted octanol–water partition coefficient (Wildman–Crippen LogP) is 4.94. The maximum Gasteiger partial charge on any atom is 0.272 e. The number of carbonyl (C=O) groups excluding carboxylic acids is 1. The first-order valence-electron chi connectivity index (χ1n) is 9.69. The molecule has 2 fully saturated rings. The van der Waals surface area contributed by atoms with Gasteiger partial charge in [-0.05, 0) is 37.7 Å². The number of hydrogen-bond donors (Lipinski definition) is 0. The third kappa shape index (κ3) is 5.50. The Morgan fingerprint density at radius 2 is 1.79 bits per heavy atom. The Labute approximate surface area is 147 Å². The van der Waals surface area contributed by atoms with E-state index in [1.165, 1.54) is 6.42 Å². The normalized spacial score (nSPS) is 21.6. The standard InChI is InChI=1S/C16H22N2O2.2C2H6/c1-2-12-10-13(11-12)20-15-7-5-6-14(17-15)16(19)18-8-3-4-9-18;2*1-2/h5-7,12-13H,2-4,8-11H2,1H3;2*1-2H3. The van der Waals surface area contributed by atoms with E-state index in [0.717, 1.165) is 44.7 Å². The van der Waals surface area contributed by atoms with E-state index in [9.17, 15) is 4.79 Å². The van der Waals surface area contributed by atoms with E-state index in [-0.39, 0.29) is 12.0 Å². The van der Waals surface area contributed by atoms with E-state index in [1.807, 2.05) is 44.7 Å². The molecule has 0 radical (unpaired) electrons. The number of amides is 1. The highest BCUT2D eigenvalue weighted by molar-refractivity contribution is 5.92. The topological polar surface area (TPSA) is 42.4 Å². The summed E-state index contributed by atoms with van der Waals surface area (Å²) in [6, 6.07) is 5.49. The second-order valence-corrected chi connectivity index (χ2v) is 5.85. The Morgan fingerprint density at radius 3 is 2.38 bits per heavy atom. The fraction of sp³-hybridized carbons (Fsp3) is 0.700. The van der Waals surface area contributed by atoms with E-state index in [0.29, 0.717) is 11.6 Å². The van der Waals surface area contributed by atoms with Crippen molar-refractivity contribution in [2.45, 2.75) is 72.8 Å². The van der Waals surface area contributed by atoms with Crippen LogP contribution in [0.3, 0.4) is 0 Å². The monoisotopic (exact) mass is 334 g/mol. The molecule has 0 atom stereocenters. The zero-order chi connectivity index (χ0) is 17.9. The Hall–Kier alpha value is -1.58. The average Bonchev–Trinajstić information content (AvgIpc) is 3.15. The maximum absolute atomic E-state index is 12.3. The van der Waals surface area contributed by atoms with Gasteiger partial charge in [0.05, 0.1) is 0 Å². The van der Waals surface area contributed by atoms with Crippen molar-refractivity contribution in [3.05, 3.63) is 23.9 Å². The van der Waals surface area contributed by atoms with Crippen molar-refractivity contribution in [3.8, 4) is 5.88 Å². The highest BCUT2D eigenvalue weighted by Crippen LogP contribution is 2.32. The lowest BCUT2D eigenvalue weighted by Crippen LogP contribution is -2.34. The van der Waals surface area contributed by atoms with E-state index in [1.54, 1.807) is 6.07 Å². The molecule has 1 aliphatic heterocycles. The summed E-state index contributed by atoms with van der Waals surface area (Å²) in [5.74, 6) is 1.43. The van der Waals surface area contributed by atoms with Gasteiger partial charge >= 0.3 is 0 Å². The van der Waals surface area contributed by atoms with Gasteiger partial charge < -0.3 is 9.64 Å². The molecule has 0 aromatic carbocycles. The van der Waals surface area contributed by atoms with Gasteiger partial charge in [0, 0.05) is 19.2 Å². The van der Waals surface area contributed by atoms with Crippen LogP contribution in [0.25, 0.3) is 0 Å². The van der Waals surface area contributed by atoms with Crippen molar-refractivity contribution >= 4 is 5.91 Å². The summed E-state index contributed by atoms with van der Waals surface area (Å²) in [5, 5.41) is 0. The van der Waals surface area contributed by atoms with Crippen LogP contribution >= 0.6 is 0 Å². The quantitative estimate of drug-likeness (QED) is 0.783. The van der Waals surface area contributed by atoms with Crippen LogP contribution in [0.1, 0.15) is 77.2 Å². The van der Waals surface area contributed by atoms with Crippen LogP contribution in [-0.2, 0) is 0 Å². The Kier molecular flexibility index (Phi) is 9.43. The molecule has 0 N–H and O–H groups in total. The highest BCUT2D eigenvalue weighted by Gasteiger charge is 2.29. The lowest BCUT2D eigenvalue weighted by molar-refractivity contribution is 0.0582. The summed E-state index contributed by atoms with van der Waals surface area (Å²) in [7, 11) is 0. The summed E-state index contributed by atoms with van der Waals surface area (Å²) in [4.78, 5) is 18.5. The molecule has 1 saturated carbocycles. The average molecular weight is 335 g/mol. The molecule has 24 heavy (non-hydrogen) atoms. The number of pyridine rings is 1. The summed E-state index contributed by atoms with van der Waals surface area (Å²) < 4.78 is 5.85. The minimum absolute atomic E-state index is 0.0352. The van der Waals surface area contributed by atoms with Crippen molar-refractivity contribution in [1.29, 1.82) is 0 Å². The van der Waals surface area contributed by atoms with Crippen LogP contribution in [-0.4, -0.2) is 35.0 Å². The summed E-state index contributed by atoms with van der Waals surface area (Å²) >= 11 is 0. The molecule has 1 amide bonds. The molecule has 4 nitrogen and oxygen atoms in total. The van der Waals surface area contributed by atoms with Crippen LogP contribution in [0.15, 0.2) is 18.2 Å². The number of likely N-dealkylation sites (tertiary alicyclic amines) is 1. The second kappa shape index (κ2) is 11.1. The number of ether oxygens (including phenoxy) is 1. The van der Waals surface area contributed by atoms with Crippen LogP contribution in [0.4, 0.5) is 0 Å². The molecule has 0 spiro atoms. The van der Waals surface area contributed by atoms with Crippen molar-refractivity contribution in [1.82, 2.24) is 9.88 Å². The fourth-order valence-corrected chi connectivity index (χ4v) is 2.96. The molecule has 0 unspecified atom stereocenters. The van der Waals surface area contributed by atoms with Gasteiger partial charge in [0.15, 0.2) is 0 Å². The summed E-state index contributed by atoms with van der Waals surface area (Å²) in [6.45, 7) is 11.9. The summed E-state index contributed by atoms with van der Waals surface area (Å²) in [6.07, 6.45) is 5.93. The lowest BCUT2D eigenvalue weighted by atomic mass is 9.80. The number of hydrogen-bond acceptors (Lipinski definition) is 3. The van der Waals surface area contributed by atoms with Crippen molar-refractivity contribution < 1.29 is 9.53 Å². The minimum atomic E-state index is 0.0352. The number of nitrogens with zero attached hydrogens (tertiary/aromatic N) is 2. The first-order valence-corrected chi connectivity index (χ1v) is 9.69. The molecule has 0 bridgehead atoms. The Bertz CT molecular complexity index is 478. The number of aromatic nitrogens is 1. The van der Waals surface area contributed by atoms with Gasteiger partial charge in [0.1, 0.15) is 11.8 Å². The summed E-state index contributed by atoms with van der Waals surface area (Å²) in [5.41, 5.74) is 0.510. The van der Waals surface area contributed by atoms with Crippen molar-refractivity contribution in [2.75, 3.05) is 13.1 Å². The zero-order valence-corrected chi connectivity index (χ0v) is 16.0. The van der Waals surface area contributed by atoms with Gasteiger partial charge in [0.2, 0.25) is 5.88 Å². The first kappa shape index (κ1) is 20.5. The van der Waals surface area contributed by atoms with Gasteiger partial charge in [0.25, 0.3) is 5.91 Å². The van der Waals surface area contributed by atoms with Gasteiger partial charge in [-0.3, -0.25) is 4.79 Å². The third-order valence-electron chi connectivity index (χ3n) is 4.39. The highest BCUT2D eigenvalue weighted by atomic mass is 16.5. The smallest absolute Gasteiger partial charge is 0.272 e. The Morgan fingerprint density at radius 1 is 1.17 bits per heavy atom. The van der Waals surface area contributed by atoms with Crippen LogP contribution in [0, 0.1) is 5.92 Å². The van der Waals surface area contributed by atoms with Gasteiger partial charge in [-0.1, -0.05) is 47.1 Å².